The van der Waals surface area contributed by atoms with Gasteiger partial charge in [-0.15, -0.1) is 0 Å². The average molecular weight is 183 g/mol. The van der Waals surface area contributed by atoms with E-state index in [1.807, 2.05) is 35.0 Å². The highest BCUT2D eigenvalue weighted by molar-refractivity contribution is 5.44. The van der Waals surface area contributed by atoms with Gasteiger partial charge >= 0.3 is 0 Å². The zero-order valence-corrected chi connectivity index (χ0v) is 7.64. The van der Waals surface area contributed by atoms with E-state index in [0.29, 0.717) is 0 Å². The fourth-order valence-corrected chi connectivity index (χ4v) is 1.72. The lowest BCUT2D eigenvalue weighted by Gasteiger charge is -1.96. The largest absolute Gasteiger partial charge is 0.307 e. The standard InChI is InChI=1S/C11H9N3/c12-8-11(4-5-11)9-7-14-6-2-1-3-10(14)13-9/h1-3,6-7H,4-5H2. The molecule has 0 aromatic carbocycles. The molecular weight excluding hydrogens is 174 g/mol. The van der Waals surface area contributed by atoms with E-state index < -0.39 is 0 Å². The fourth-order valence-electron chi connectivity index (χ4n) is 1.72. The number of nitrogens with zero attached hydrogens (tertiary/aromatic N) is 3. The van der Waals surface area contributed by atoms with Crippen LogP contribution in [0.25, 0.3) is 5.65 Å². The molecule has 0 saturated heterocycles. The summed E-state index contributed by atoms with van der Waals surface area (Å²) in [5.41, 5.74) is 1.57. The van der Waals surface area contributed by atoms with Gasteiger partial charge in [0.15, 0.2) is 0 Å². The summed E-state index contributed by atoms with van der Waals surface area (Å²) in [6.45, 7) is 0. The fraction of sp³-hybridized carbons (Fsp3) is 0.273. The highest BCUT2D eigenvalue weighted by atomic mass is 15.0. The molecule has 14 heavy (non-hydrogen) atoms. The van der Waals surface area contributed by atoms with Crippen molar-refractivity contribution in [2.75, 3.05) is 0 Å². The number of hydrogen-bond acceptors (Lipinski definition) is 2. The number of fused-ring (bicyclic) bond motifs is 1. The van der Waals surface area contributed by atoms with Crippen molar-refractivity contribution in [2.24, 2.45) is 0 Å². The molecule has 0 radical (unpaired) electrons. The Hall–Kier alpha value is -1.82. The Labute approximate surface area is 81.6 Å². The molecule has 0 aliphatic heterocycles. The molecule has 2 aromatic rings. The van der Waals surface area contributed by atoms with E-state index in [2.05, 4.69) is 11.1 Å². The van der Waals surface area contributed by atoms with Gasteiger partial charge in [-0.05, 0) is 25.0 Å². The highest BCUT2D eigenvalue weighted by Gasteiger charge is 2.47. The third kappa shape index (κ3) is 0.882. The number of aromatic nitrogens is 2. The van der Waals surface area contributed by atoms with Gasteiger partial charge in [-0.25, -0.2) is 4.98 Å². The van der Waals surface area contributed by atoms with Gasteiger partial charge in [0.25, 0.3) is 0 Å². The molecule has 1 aliphatic rings. The molecule has 1 fully saturated rings. The van der Waals surface area contributed by atoms with E-state index in [1.54, 1.807) is 0 Å². The number of nitriles is 1. The highest BCUT2D eigenvalue weighted by Crippen LogP contribution is 2.46. The van der Waals surface area contributed by atoms with E-state index in [1.165, 1.54) is 0 Å². The van der Waals surface area contributed by atoms with Crippen LogP contribution in [0.2, 0.25) is 0 Å². The van der Waals surface area contributed by atoms with Gasteiger partial charge in [0, 0.05) is 12.4 Å². The van der Waals surface area contributed by atoms with E-state index >= 15 is 0 Å². The normalized spacial score (nSPS) is 17.9. The van der Waals surface area contributed by atoms with Gasteiger partial charge in [0.05, 0.1) is 11.8 Å². The molecule has 0 N–H and O–H groups in total. The average Bonchev–Trinajstić information content (AvgIpc) is 2.91. The summed E-state index contributed by atoms with van der Waals surface area (Å²) in [6.07, 6.45) is 5.83. The van der Waals surface area contributed by atoms with Crippen molar-refractivity contribution in [2.45, 2.75) is 18.3 Å². The maximum Gasteiger partial charge on any atom is 0.137 e. The lowest BCUT2D eigenvalue weighted by atomic mass is 10.1. The Kier molecular flexibility index (Phi) is 1.27. The molecular formula is C11H9N3. The van der Waals surface area contributed by atoms with Crippen molar-refractivity contribution in [3.8, 4) is 6.07 Å². The third-order valence-corrected chi connectivity index (χ3v) is 2.82. The molecule has 0 unspecified atom stereocenters. The van der Waals surface area contributed by atoms with Crippen molar-refractivity contribution in [3.63, 3.8) is 0 Å². The van der Waals surface area contributed by atoms with Crippen LogP contribution in [0.3, 0.4) is 0 Å². The molecule has 2 aromatic heterocycles. The van der Waals surface area contributed by atoms with Crippen LogP contribution in [-0.4, -0.2) is 9.38 Å². The second kappa shape index (κ2) is 2.36. The van der Waals surface area contributed by atoms with Crippen LogP contribution in [0.1, 0.15) is 18.5 Å². The number of rotatable bonds is 1. The van der Waals surface area contributed by atoms with Crippen LogP contribution in [0, 0.1) is 11.3 Å². The predicted molar refractivity (Wildman–Crippen MR) is 51.7 cm³/mol. The summed E-state index contributed by atoms with van der Waals surface area (Å²) in [5, 5.41) is 9.04. The number of hydrogen-bond donors (Lipinski definition) is 0. The molecule has 0 spiro atoms. The van der Waals surface area contributed by atoms with Crippen LogP contribution in [-0.2, 0) is 5.41 Å². The molecule has 1 saturated carbocycles. The molecule has 1 aliphatic carbocycles. The molecule has 2 heterocycles. The van der Waals surface area contributed by atoms with Gasteiger partial charge in [0.2, 0.25) is 0 Å². The molecule has 0 atom stereocenters. The SMILES string of the molecule is N#CC1(c2cn3ccccc3n2)CC1. The van der Waals surface area contributed by atoms with Crippen LogP contribution in [0.4, 0.5) is 0 Å². The summed E-state index contributed by atoms with van der Waals surface area (Å²) in [4.78, 5) is 4.46. The van der Waals surface area contributed by atoms with Gasteiger partial charge in [0.1, 0.15) is 11.1 Å². The number of imidazole rings is 1. The van der Waals surface area contributed by atoms with Crippen molar-refractivity contribution in [1.29, 1.82) is 5.26 Å². The Morgan fingerprint density at radius 3 is 2.93 bits per heavy atom. The summed E-state index contributed by atoms with van der Waals surface area (Å²) in [6, 6.07) is 8.23. The molecule has 3 heteroatoms. The van der Waals surface area contributed by atoms with Crippen molar-refractivity contribution in [3.05, 3.63) is 36.3 Å². The second-order valence-corrected chi connectivity index (χ2v) is 3.79. The molecule has 0 bridgehead atoms. The first-order valence-corrected chi connectivity index (χ1v) is 4.70. The Balaban J connectivity index is 2.21. The van der Waals surface area contributed by atoms with Gasteiger partial charge in [-0.1, -0.05) is 6.07 Å². The van der Waals surface area contributed by atoms with Gasteiger partial charge < -0.3 is 4.40 Å². The quantitative estimate of drug-likeness (QED) is 0.677. The predicted octanol–water partition coefficient (Wildman–Crippen LogP) is 1.89. The molecule has 0 amide bonds. The molecule has 3 rings (SSSR count). The van der Waals surface area contributed by atoms with Crippen LogP contribution in [0.15, 0.2) is 30.6 Å². The van der Waals surface area contributed by atoms with Crippen molar-refractivity contribution >= 4 is 5.65 Å². The zero-order chi connectivity index (χ0) is 9.60. The first-order valence-electron chi connectivity index (χ1n) is 4.70. The van der Waals surface area contributed by atoms with Gasteiger partial charge in [-0.2, -0.15) is 5.26 Å². The summed E-state index contributed by atoms with van der Waals surface area (Å²) < 4.78 is 1.97. The Morgan fingerprint density at radius 2 is 2.29 bits per heavy atom. The summed E-state index contributed by atoms with van der Waals surface area (Å²) >= 11 is 0. The molecule has 68 valence electrons. The van der Waals surface area contributed by atoms with Crippen LogP contribution < -0.4 is 0 Å². The van der Waals surface area contributed by atoms with Crippen molar-refractivity contribution in [1.82, 2.24) is 9.38 Å². The van der Waals surface area contributed by atoms with E-state index in [0.717, 1.165) is 24.2 Å². The Bertz CT molecular complexity index is 496. The lowest BCUT2D eigenvalue weighted by Crippen LogP contribution is -2.02. The summed E-state index contributed by atoms with van der Waals surface area (Å²) in [7, 11) is 0. The third-order valence-electron chi connectivity index (χ3n) is 2.82. The van der Waals surface area contributed by atoms with Crippen LogP contribution >= 0.6 is 0 Å². The first kappa shape index (κ1) is 7.57. The zero-order valence-electron chi connectivity index (χ0n) is 7.64. The van der Waals surface area contributed by atoms with E-state index in [-0.39, 0.29) is 5.41 Å². The number of pyridine rings is 1. The lowest BCUT2D eigenvalue weighted by molar-refractivity contribution is 0.868. The van der Waals surface area contributed by atoms with E-state index in [9.17, 15) is 0 Å². The van der Waals surface area contributed by atoms with E-state index in [4.69, 9.17) is 5.26 Å². The van der Waals surface area contributed by atoms with Crippen molar-refractivity contribution < 1.29 is 0 Å². The van der Waals surface area contributed by atoms with Gasteiger partial charge in [-0.3, -0.25) is 0 Å². The first-order chi connectivity index (χ1) is 6.84. The maximum atomic E-state index is 9.04. The minimum Gasteiger partial charge on any atom is -0.307 e. The maximum absolute atomic E-state index is 9.04. The topological polar surface area (TPSA) is 41.1 Å². The second-order valence-electron chi connectivity index (χ2n) is 3.79. The Morgan fingerprint density at radius 1 is 1.43 bits per heavy atom. The summed E-state index contributed by atoms with van der Waals surface area (Å²) in [5.74, 6) is 0. The smallest absolute Gasteiger partial charge is 0.137 e. The minimum atomic E-state index is -0.272. The minimum absolute atomic E-state index is 0.272. The molecule has 3 nitrogen and oxygen atoms in total. The van der Waals surface area contributed by atoms with Crippen LogP contribution in [0.5, 0.6) is 0 Å². The monoisotopic (exact) mass is 183 g/mol.